The highest BCUT2D eigenvalue weighted by molar-refractivity contribution is 5.28. The normalized spacial score (nSPS) is 10.2. The molecule has 5 nitrogen and oxygen atoms in total. The van der Waals surface area contributed by atoms with Crippen molar-refractivity contribution in [3.8, 4) is 5.75 Å². The zero-order valence-corrected chi connectivity index (χ0v) is 9.34. The van der Waals surface area contributed by atoms with E-state index in [-0.39, 0.29) is 12.1 Å². The number of benzene rings is 1. The average Bonchev–Trinajstić information content (AvgIpc) is 2.34. The molecule has 17 heavy (non-hydrogen) atoms. The quantitative estimate of drug-likeness (QED) is 0.842. The van der Waals surface area contributed by atoms with Crippen molar-refractivity contribution in [3.63, 3.8) is 0 Å². The van der Waals surface area contributed by atoms with Crippen LogP contribution in [0.15, 0.2) is 46.1 Å². The molecule has 0 aliphatic heterocycles. The highest BCUT2D eigenvalue weighted by atomic mass is 16.5. The average molecular weight is 232 g/mol. The number of nitrogens with one attached hydrogen (secondary N) is 1. The van der Waals surface area contributed by atoms with Crippen LogP contribution in [0.5, 0.6) is 5.75 Å². The molecule has 1 aromatic carbocycles. The first kappa shape index (κ1) is 11.2. The zero-order valence-electron chi connectivity index (χ0n) is 9.34. The van der Waals surface area contributed by atoms with E-state index in [0.717, 1.165) is 10.1 Å². The first-order valence-corrected chi connectivity index (χ1v) is 5.12. The summed E-state index contributed by atoms with van der Waals surface area (Å²) in [4.78, 5) is 25.5. The van der Waals surface area contributed by atoms with Gasteiger partial charge in [-0.25, -0.2) is 4.79 Å². The SMILES string of the molecule is COc1cccc(Cn2c(=O)cc[nH]c2=O)c1. The Hall–Kier alpha value is -2.30. The van der Waals surface area contributed by atoms with E-state index >= 15 is 0 Å². The van der Waals surface area contributed by atoms with E-state index in [4.69, 9.17) is 4.74 Å². The third-order valence-corrected chi connectivity index (χ3v) is 2.42. The van der Waals surface area contributed by atoms with Gasteiger partial charge in [0.15, 0.2) is 0 Å². The summed E-state index contributed by atoms with van der Waals surface area (Å²) in [6.45, 7) is 0.228. The Morgan fingerprint density at radius 1 is 1.29 bits per heavy atom. The summed E-state index contributed by atoms with van der Waals surface area (Å²) in [6, 6.07) is 8.57. The van der Waals surface area contributed by atoms with Crippen LogP contribution >= 0.6 is 0 Å². The second-order valence-electron chi connectivity index (χ2n) is 3.56. The number of H-pyrrole nitrogens is 1. The lowest BCUT2D eigenvalue weighted by molar-refractivity contribution is 0.414. The van der Waals surface area contributed by atoms with E-state index in [1.165, 1.54) is 12.3 Å². The molecule has 0 atom stereocenters. The van der Waals surface area contributed by atoms with Crippen molar-refractivity contribution in [1.82, 2.24) is 9.55 Å². The molecule has 0 aliphatic rings. The molecule has 1 N–H and O–H groups in total. The number of ether oxygens (including phenoxy) is 1. The molecule has 2 rings (SSSR count). The van der Waals surface area contributed by atoms with Gasteiger partial charge in [-0.1, -0.05) is 12.1 Å². The minimum Gasteiger partial charge on any atom is -0.497 e. The predicted octanol–water partition coefficient (Wildman–Crippen LogP) is 0.594. The van der Waals surface area contributed by atoms with E-state index in [9.17, 15) is 9.59 Å². The van der Waals surface area contributed by atoms with E-state index in [1.54, 1.807) is 13.2 Å². The van der Waals surface area contributed by atoms with Gasteiger partial charge in [-0.05, 0) is 17.7 Å². The number of aromatic amines is 1. The van der Waals surface area contributed by atoms with Gasteiger partial charge in [-0.15, -0.1) is 0 Å². The molecule has 0 saturated carbocycles. The van der Waals surface area contributed by atoms with Crippen LogP contribution in [0.4, 0.5) is 0 Å². The van der Waals surface area contributed by atoms with Gasteiger partial charge >= 0.3 is 5.69 Å². The molecule has 0 bridgehead atoms. The van der Waals surface area contributed by atoms with Crippen LogP contribution in [0.2, 0.25) is 0 Å². The van der Waals surface area contributed by atoms with Gasteiger partial charge in [0.25, 0.3) is 5.56 Å². The van der Waals surface area contributed by atoms with Crippen molar-refractivity contribution in [3.05, 3.63) is 62.9 Å². The minimum atomic E-state index is -0.416. The Bertz CT molecular complexity index is 600. The van der Waals surface area contributed by atoms with E-state index in [0.29, 0.717) is 5.75 Å². The van der Waals surface area contributed by atoms with E-state index in [1.807, 2.05) is 18.2 Å². The third kappa shape index (κ3) is 2.44. The van der Waals surface area contributed by atoms with Gasteiger partial charge in [-0.2, -0.15) is 0 Å². The molecule has 1 aromatic heterocycles. The zero-order chi connectivity index (χ0) is 12.3. The van der Waals surface area contributed by atoms with Crippen molar-refractivity contribution in [2.75, 3.05) is 7.11 Å². The maximum Gasteiger partial charge on any atom is 0.328 e. The summed E-state index contributed by atoms with van der Waals surface area (Å²) >= 11 is 0. The standard InChI is InChI=1S/C12H12N2O3/c1-17-10-4-2-3-9(7-10)8-14-11(15)5-6-13-12(14)16/h2-7H,8H2,1H3,(H,13,16). The fraction of sp³-hybridized carbons (Fsp3) is 0.167. The first-order valence-electron chi connectivity index (χ1n) is 5.12. The summed E-state index contributed by atoms with van der Waals surface area (Å²) in [5.41, 5.74) is 0.0973. The second-order valence-corrected chi connectivity index (χ2v) is 3.56. The summed E-state index contributed by atoms with van der Waals surface area (Å²) < 4.78 is 6.21. The molecule has 0 fully saturated rings. The molecular formula is C12H12N2O3. The number of methoxy groups -OCH3 is 1. The fourth-order valence-corrected chi connectivity index (χ4v) is 1.56. The third-order valence-electron chi connectivity index (χ3n) is 2.42. The highest BCUT2D eigenvalue weighted by Gasteiger charge is 2.02. The highest BCUT2D eigenvalue weighted by Crippen LogP contribution is 2.12. The molecule has 0 radical (unpaired) electrons. The Labute approximate surface area is 97.3 Å². The van der Waals surface area contributed by atoms with Gasteiger partial charge in [0, 0.05) is 12.3 Å². The van der Waals surface area contributed by atoms with Crippen molar-refractivity contribution in [2.45, 2.75) is 6.54 Å². The summed E-state index contributed by atoms with van der Waals surface area (Å²) in [5, 5.41) is 0. The maximum atomic E-state index is 11.5. The first-order chi connectivity index (χ1) is 8.20. The molecule has 1 heterocycles. The molecule has 0 unspecified atom stereocenters. The van der Waals surface area contributed by atoms with Crippen LogP contribution in [0.25, 0.3) is 0 Å². The molecule has 0 aliphatic carbocycles. The maximum absolute atomic E-state index is 11.5. The fourth-order valence-electron chi connectivity index (χ4n) is 1.56. The van der Waals surface area contributed by atoms with Crippen molar-refractivity contribution in [1.29, 1.82) is 0 Å². The predicted molar refractivity (Wildman–Crippen MR) is 63.4 cm³/mol. The lowest BCUT2D eigenvalue weighted by Gasteiger charge is -2.05. The lowest BCUT2D eigenvalue weighted by atomic mass is 10.2. The van der Waals surface area contributed by atoms with E-state index in [2.05, 4.69) is 4.98 Å². The van der Waals surface area contributed by atoms with Crippen LogP contribution < -0.4 is 16.0 Å². The summed E-state index contributed by atoms with van der Waals surface area (Å²) in [5.74, 6) is 0.697. The van der Waals surface area contributed by atoms with Gasteiger partial charge in [0.05, 0.1) is 13.7 Å². The van der Waals surface area contributed by atoms with Crippen LogP contribution in [0.1, 0.15) is 5.56 Å². The Balaban J connectivity index is 2.38. The largest absolute Gasteiger partial charge is 0.497 e. The lowest BCUT2D eigenvalue weighted by Crippen LogP contribution is -2.34. The van der Waals surface area contributed by atoms with Crippen molar-refractivity contribution < 1.29 is 4.74 Å². The number of hydrogen-bond acceptors (Lipinski definition) is 3. The van der Waals surface area contributed by atoms with Gasteiger partial charge in [0.2, 0.25) is 0 Å². The Morgan fingerprint density at radius 3 is 2.82 bits per heavy atom. The monoisotopic (exact) mass is 232 g/mol. The number of rotatable bonds is 3. The smallest absolute Gasteiger partial charge is 0.328 e. The molecular weight excluding hydrogens is 220 g/mol. The second kappa shape index (κ2) is 4.69. The molecule has 0 amide bonds. The summed E-state index contributed by atoms with van der Waals surface area (Å²) in [6.07, 6.45) is 1.34. The minimum absolute atomic E-state index is 0.228. The number of aromatic nitrogens is 2. The van der Waals surface area contributed by atoms with Gasteiger partial charge in [0.1, 0.15) is 5.75 Å². The molecule has 2 aromatic rings. The topological polar surface area (TPSA) is 64.1 Å². The molecule has 5 heteroatoms. The van der Waals surface area contributed by atoms with Crippen molar-refractivity contribution in [2.24, 2.45) is 0 Å². The molecule has 0 spiro atoms. The van der Waals surface area contributed by atoms with E-state index < -0.39 is 5.69 Å². The van der Waals surface area contributed by atoms with Gasteiger partial charge < -0.3 is 9.72 Å². The number of nitrogens with zero attached hydrogens (tertiary/aromatic N) is 1. The van der Waals surface area contributed by atoms with Crippen LogP contribution in [-0.2, 0) is 6.54 Å². The van der Waals surface area contributed by atoms with Crippen molar-refractivity contribution >= 4 is 0 Å². The summed E-state index contributed by atoms with van der Waals surface area (Å²) in [7, 11) is 1.57. The molecule has 88 valence electrons. The Morgan fingerprint density at radius 2 is 2.12 bits per heavy atom. The molecule has 0 saturated heterocycles. The number of hydrogen-bond donors (Lipinski definition) is 1. The van der Waals surface area contributed by atoms with Crippen LogP contribution in [0.3, 0.4) is 0 Å². The van der Waals surface area contributed by atoms with Gasteiger partial charge in [-0.3, -0.25) is 9.36 Å². The van der Waals surface area contributed by atoms with Crippen LogP contribution in [0, 0.1) is 0 Å². The Kier molecular flexibility index (Phi) is 3.09. The van der Waals surface area contributed by atoms with Crippen LogP contribution in [-0.4, -0.2) is 16.7 Å².